The van der Waals surface area contributed by atoms with Crippen LogP contribution in [0.2, 0.25) is 0 Å². The molecule has 6 heteroatoms. The van der Waals surface area contributed by atoms with Crippen LogP contribution in [0.15, 0.2) is 48.6 Å². The van der Waals surface area contributed by atoms with Crippen LogP contribution in [0, 0.1) is 0 Å². The highest BCUT2D eigenvalue weighted by Crippen LogP contribution is 2.19. The number of hydrogen-bond acceptors (Lipinski definition) is 5. The monoisotopic (exact) mass is 1180 g/mol. The molecule has 0 aliphatic rings. The van der Waals surface area contributed by atoms with Gasteiger partial charge >= 0.3 is 5.97 Å². The fraction of sp³-hybridized carbons (Fsp3) is 0.872. The molecule has 0 aliphatic heterocycles. The zero-order chi connectivity index (χ0) is 60.6. The number of amides is 1. The van der Waals surface area contributed by atoms with Crippen LogP contribution in [-0.2, 0) is 14.3 Å². The van der Waals surface area contributed by atoms with Crippen molar-refractivity contribution in [2.45, 2.75) is 424 Å². The summed E-state index contributed by atoms with van der Waals surface area (Å²) in [6.45, 7) is 4.96. The van der Waals surface area contributed by atoms with E-state index in [1.165, 1.54) is 321 Å². The number of ether oxygens (including phenoxy) is 1. The molecule has 0 bridgehead atoms. The minimum Gasteiger partial charge on any atom is -0.466 e. The average Bonchev–Trinajstić information content (AvgIpc) is 3.51. The predicted molar refractivity (Wildman–Crippen MR) is 370 cm³/mol. The van der Waals surface area contributed by atoms with Crippen molar-refractivity contribution in [3.8, 4) is 0 Å². The largest absolute Gasteiger partial charge is 0.466 e. The first-order valence-electron chi connectivity index (χ1n) is 37.9. The molecule has 0 aromatic carbocycles. The van der Waals surface area contributed by atoms with Crippen molar-refractivity contribution in [3.63, 3.8) is 0 Å². The molecule has 0 saturated carbocycles. The Morgan fingerprint density at radius 2 is 0.595 bits per heavy atom. The zero-order valence-electron chi connectivity index (χ0n) is 56.6. The number of esters is 1. The van der Waals surface area contributed by atoms with Crippen LogP contribution >= 0.6 is 0 Å². The number of unbranched alkanes of at least 4 members (excludes halogenated alkanes) is 52. The first-order valence-corrected chi connectivity index (χ1v) is 37.9. The molecule has 3 N–H and O–H groups in total. The molecular weight excluding hydrogens is 1030 g/mol. The van der Waals surface area contributed by atoms with Gasteiger partial charge in [-0.2, -0.15) is 0 Å². The Hall–Kier alpha value is -2.18. The molecule has 0 aromatic heterocycles. The zero-order valence-corrected chi connectivity index (χ0v) is 56.6. The van der Waals surface area contributed by atoms with Crippen LogP contribution in [0.3, 0.4) is 0 Å². The average molecular weight is 1180 g/mol. The highest BCUT2D eigenvalue weighted by Gasteiger charge is 2.20. The molecule has 0 rings (SSSR count). The third kappa shape index (κ3) is 68.9. The molecule has 0 aliphatic carbocycles. The lowest BCUT2D eigenvalue weighted by molar-refractivity contribution is -0.143. The van der Waals surface area contributed by atoms with E-state index in [2.05, 4.69) is 67.8 Å². The molecule has 0 heterocycles. The summed E-state index contributed by atoms with van der Waals surface area (Å²) >= 11 is 0. The number of rotatable bonds is 71. The van der Waals surface area contributed by atoms with E-state index in [0.717, 1.165) is 57.8 Å². The van der Waals surface area contributed by atoms with E-state index in [9.17, 15) is 19.8 Å². The predicted octanol–water partition coefficient (Wildman–Crippen LogP) is 24.8. The normalized spacial score (nSPS) is 12.8. The minimum atomic E-state index is -0.667. The topological polar surface area (TPSA) is 95.9 Å². The van der Waals surface area contributed by atoms with Gasteiger partial charge in [0, 0.05) is 12.8 Å². The Bertz CT molecular complexity index is 1400. The number of carbonyl (C=O) groups excluding carboxylic acids is 2. The minimum absolute atomic E-state index is 0.00106. The van der Waals surface area contributed by atoms with Crippen molar-refractivity contribution in [2.75, 3.05) is 13.2 Å². The number of allylic oxidation sites excluding steroid dienone is 8. The third-order valence-corrected chi connectivity index (χ3v) is 17.6. The van der Waals surface area contributed by atoms with Gasteiger partial charge in [-0.25, -0.2) is 0 Å². The Morgan fingerprint density at radius 3 is 0.917 bits per heavy atom. The Balaban J connectivity index is 3.41. The molecule has 494 valence electrons. The van der Waals surface area contributed by atoms with Crippen molar-refractivity contribution in [1.82, 2.24) is 5.32 Å². The van der Waals surface area contributed by atoms with Crippen molar-refractivity contribution in [2.24, 2.45) is 0 Å². The summed E-state index contributed by atoms with van der Waals surface area (Å²) in [7, 11) is 0. The van der Waals surface area contributed by atoms with Gasteiger partial charge in [0.2, 0.25) is 5.91 Å². The molecule has 0 fully saturated rings. The first kappa shape index (κ1) is 81.8. The van der Waals surface area contributed by atoms with Gasteiger partial charge in [-0.3, -0.25) is 9.59 Å². The number of aliphatic hydroxyl groups excluding tert-OH is 2. The second kappa shape index (κ2) is 73.3. The lowest BCUT2D eigenvalue weighted by Crippen LogP contribution is -2.45. The van der Waals surface area contributed by atoms with Crippen molar-refractivity contribution in [3.05, 3.63) is 48.6 Å². The lowest BCUT2D eigenvalue weighted by Gasteiger charge is -2.22. The van der Waals surface area contributed by atoms with Gasteiger partial charge in [-0.05, 0) is 89.9 Å². The van der Waals surface area contributed by atoms with Gasteiger partial charge in [0.25, 0.3) is 0 Å². The van der Waals surface area contributed by atoms with Crippen LogP contribution in [-0.4, -0.2) is 47.4 Å². The van der Waals surface area contributed by atoms with E-state index in [1.54, 1.807) is 0 Å². The Labute approximate surface area is 525 Å². The molecule has 2 atom stereocenters. The van der Waals surface area contributed by atoms with Crippen LogP contribution < -0.4 is 5.32 Å². The highest BCUT2D eigenvalue weighted by molar-refractivity contribution is 5.76. The van der Waals surface area contributed by atoms with Gasteiger partial charge in [0.1, 0.15) is 0 Å². The van der Waals surface area contributed by atoms with Gasteiger partial charge < -0.3 is 20.3 Å². The van der Waals surface area contributed by atoms with E-state index in [0.29, 0.717) is 25.9 Å². The third-order valence-electron chi connectivity index (χ3n) is 17.6. The first-order chi connectivity index (χ1) is 41.5. The maximum absolute atomic E-state index is 12.6. The van der Waals surface area contributed by atoms with Crippen LogP contribution in [0.1, 0.15) is 412 Å². The van der Waals surface area contributed by atoms with Gasteiger partial charge in [-0.1, -0.05) is 358 Å². The smallest absolute Gasteiger partial charge is 0.305 e. The van der Waals surface area contributed by atoms with Crippen molar-refractivity contribution >= 4 is 11.9 Å². The fourth-order valence-corrected chi connectivity index (χ4v) is 11.8. The summed E-state index contributed by atoms with van der Waals surface area (Å²) in [5, 5.41) is 23.4. The second-order valence-corrected chi connectivity index (χ2v) is 26.0. The van der Waals surface area contributed by atoms with E-state index in [4.69, 9.17) is 4.74 Å². The molecule has 84 heavy (non-hydrogen) atoms. The van der Waals surface area contributed by atoms with Crippen molar-refractivity contribution in [1.29, 1.82) is 0 Å². The summed E-state index contributed by atoms with van der Waals surface area (Å²) in [4.78, 5) is 24.6. The molecule has 2 unspecified atom stereocenters. The summed E-state index contributed by atoms with van der Waals surface area (Å²) in [5.74, 6) is -0.0329. The van der Waals surface area contributed by atoms with E-state index in [-0.39, 0.29) is 18.5 Å². The molecular formula is C78H147NO5. The number of carbonyl (C=O) groups is 2. The summed E-state index contributed by atoms with van der Waals surface area (Å²) in [6.07, 6.45) is 96.0. The van der Waals surface area contributed by atoms with Gasteiger partial charge in [-0.15, -0.1) is 0 Å². The van der Waals surface area contributed by atoms with Gasteiger partial charge in [0.15, 0.2) is 0 Å². The van der Waals surface area contributed by atoms with E-state index < -0.39 is 12.1 Å². The summed E-state index contributed by atoms with van der Waals surface area (Å²) in [6, 6.07) is -0.544. The molecule has 0 saturated heterocycles. The lowest BCUT2D eigenvalue weighted by atomic mass is 10.0. The quantitative estimate of drug-likeness (QED) is 0.0320. The number of nitrogens with one attached hydrogen (secondary N) is 1. The Kier molecular flexibility index (Phi) is 71.4. The second-order valence-electron chi connectivity index (χ2n) is 26.0. The molecule has 1 amide bonds. The molecule has 0 spiro atoms. The Morgan fingerprint density at radius 1 is 0.333 bits per heavy atom. The number of aliphatic hydroxyl groups is 2. The van der Waals surface area contributed by atoms with Crippen LogP contribution in [0.5, 0.6) is 0 Å². The highest BCUT2D eigenvalue weighted by atomic mass is 16.5. The standard InChI is InChI=1S/C78H147NO5/c1-3-5-7-9-11-13-15-17-19-21-22-23-33-36-39-42-46-50-54-58-62-66-70-76(81)75(74-80)79-77(82)71-67-63-59-55-51-47-43-40-37-34-31-29-27-25-24-26-28-30-32-35-38-41-45-49-53-57-61-65-69-73-84-78(83)72-68-64-60-56-52-48-44-20-18-16-14-12-10-8-6-4-2/h14,16,20,24,26,30,32,44,75-76,80-81H,3-13,15,17-19,21-23,25,27-29,31,33-43,45-74H2,1-2H3,(H,79,82)/b16-14-,26-24-,32-30-,44-20-. The fourth-order valence-electron chi connectivity index (χ4n) is 11.8. The maximum atomic E-state index is 12.6. The van der Waals surface area contributed by atoms with E-state index in [1.807, 2.05) is 0 Å². The number of hydrogen-bond donors (Lipinski definition) is 3. The molecule has 6 nitrogen and oxygen atoms in total. The maximum Gasteiger partial charge on any atom is 0.305 e. The molecule has 0 radical (unpaired) electrons. The van der Waals surface area contributed by atoms with Crippen molar-refractivity contribution < 1.29 is 24.5 Å². The van der Waals surface area contributed by atoms with Crippen LogP contribution in [0.25, 0.3) is 0 Å². The van der Waals surface area contributed by atoms with Gasteiger partial charge in [0.05, 0.1) is 25.4 Å². The summed E-state index contributed by atoms with van der Waals surface area (Å²) < 4.78 is 5.49. The van der Waals surface area contributed by atoms with Crippen LogP contribution in [0.4, 0.5) is 0 Å². The van der Waals surface area contributed by atoms with E-state index >= 15 is 0 Å². The SMILES string of the molecule is CCCCCC/C=C\C/C=C\CCCCCCCC(=O)OCCCCCCCCCCC/C=C\C/C=C\CCCCCCCCCCCCCCCC(=O)NC(CO)C(O)CCCCCCCCCCCCCCCCCCCCCCCC. The molecule has 0 aromatic rings. The summed E-state index contributed by atoms with van der Waals surface area (Å²) in [5.41, 5.74) is 0.